The third-order valence-electron chi connectivity index (χ3n) is 3.66. The number of nitrogens with zero attached hydrogens (tertiary/aromatic N) is 3. The minimum Gasteiger partial charge on any atom is -0.365 e. The van der Waals surface area contributed by atoms with Crippen molar-refractivity contribution in [2.24, 2.45) is 5.73 Å². The fraction of sp³-hybridized carbons (Fsp3) is 0.357. The number of aromatic amines is 1. The summed E-state index contributed by atoms with van der Waals surface area (Å²) in [4.78, 5) is 25.0. The molecule has 1 fully saturated rings. The van der Waals surface area contributed by atoms with Crippen molar-refractivity contribution < 1.29 is 4.79 Å². The Bertz CT molecular complexity index is 666. The third kappa shape index (κ3) is 2.73. The summed E-state index contributed by atoms with van der Waals surface area (Å²) in [7, 11) is 0. The van der Waals surface area contributed by atoms with E-state index in [0.717, 1.165) is 23.3 Å². The molecule has 0 aromatic carbocycles. The first-order valence-electron chi connectivity index (χ1n) is 6.89. The van der Waals surface area contributed by atoms with E-state index in [4.69, 9.17) is 5.73 Å². The first-order valence-corrected chi connectivity index (χ1v) is 6.89. The van der Waals surface area contributed by atoms with Gasteiger partial charge in [-0.05, 0) is 18.6 Å². The maximum absolute atomic E-state index is 11.8. The number of anilines is 1. The maximum atomic E-state index is 11.8. The molecule has 2 atom stereocenters. The summed E-state index contributed by atoms with van der Waals surface area (Å²) in [6, 6.07) is 1.93. The summed E-state index contributed by atoms with van der Waals surface area (Å²) in [5, 5.41) is 4.30. The number of likely N-dealkylation sites (tertiary alicyclic amines) is 1. The monoisotopic (exact) mass is 286 g/mol. The quantitative estimate of drug-likeness (QED) is 0.713. The van der Waals surface area contributed by atoms with Crippen LogP contribution in [0.2, 0.25) is 0 Å². The van der Waals surface area contributed by atoms with Gasteiger partial charge in [-0.15, -0.1) is 0 Å². The minimum atomic E-state index is -0.0913. The Morgan fingerprint density at radius 2 is 2.38 bits per heavy atom. The number of fused-ring (bicyclic) bond motifs is 1. The third-order valence-corrected chi connectivity index (χ3v) is 3.66. The van der Waals surface area contributed by atoms with Gasteiger partial charge in [0.25, 0.3) is 0 Å². The van der Waals surface area contributed by atoms with Crippen molar-refractivity contribution in [2.45, 2.75) is 18.5 Å². The SMILES string of the molecule is C=CC(=O)N1CC(N)CC(Nc2ncnc3[nH]ccc23)C1. The van der Waals surface area contributed by atoms with Crippen molar-refractivity contribution in [3.8, 4) is 0 Å². The number of nitrogens with one attached hydrogen (secondary N) is 2. The van der Waals surface area contributed by atoms with Crippen molar-refractivity contribution in [3.63, 3.8) is 0 Å². The molecule has 4 N–H and O–H groups in total. The fourth-order valence-electron chi connectivity index (χ4n) is 2.73. The van der Waals surface area contributed by atoms with Crippen molar-refractivity contribution in [2.75, 3.05) is 18.4 Å². The summed E-state index contributed by atoms with van der Waals surface area (Å²) >= 11 is 0. The highest BCUT2D eigenvalue weighted by molar-refractivity contribution is 5.88. The van der Waals surface area contributed by atoms with Gasteiger partial charge in [-0.3, -0.25) is 4.79 Å². The molecule has 0 aliphatic carbocycles. The second kappa shape index (κ2) is 5.53. The van der Waals surface area contributed by atoms with Gasteiger partial charge in [0, 0.05) is 31.4 Å². The van der Waals surface area contributed by atoms with Gasteiger partial charge in [0.05, 0.1) is 5.39 Å². The number of piperidine rings is 1. The van der Waals surface area contributed by atoms with Crippen molar-refractivity contribution in [1.82, 2.24) is 19.9 Å². The molecular formula is C14H18N6O. The van der Waals surface area contributed by atoms with Crippen LogP contribution >= 0.6 is 0 Å². The Kier molecular flexibility index (Phi) is 3.57. The molecule has 3 heterocycles. The Balaban J connectivity index is 1.79. The molecule has 1 aliphatic rings. The van der Waals surface area contributed by atoms with Gasteiger partial charge in [-0.2, -0.15) is 0 Å². The average Bonchev–Trinajstić information content (AvgIpc) is 2.95. The van der Waals surface area contributed by atoms with E-state index in [1.807, 2.05) is 12.3 Å². The summed E-state index contributed by atoms with van der Waals surface area (Å²) in [6.07, 6.45) is 5.45. The number of hydrogen-bond donors (Lipinski definition) is 3. The predicted octanol–water partition coefficient (Wildman–Crippen LogP) is 0.484. The number of H-pyrrole nitrogens is 1. The minimum absolute atomic E-state index is 0.0521. The van der Waals surface area contributed by atoms with E-state index in [0.29, 0.717) is 13.1 Å². The molecule has 1 aliphatic heterocycles. The molecule has 2 aromatic heterocycles. The molecule has 0 radical (unpaired) electrons. The van der Waals surface area contributed by atoms with E-state index < -0.39 is 0 Å². The lowest BCUT2D eigenvalue weighted by atomic mass is 10.0. The van der Waals surface area contributed by atoms with Crippen LogP contribution in [0.1, 0.15) is 6.42 Å². The zero-order chi connectivity index (χ0) is 14.8. The second-order valence-corrected chi connectivity index (χ2v) is 5.25. The lowest BCUT2D eigenvalue weighted by Crippen LogP contribution is -2.53. The number of rotatable bonds is 3. The molecule has 1 saturated heterocycles. The van der Waals surface area contributed by atoms with E-state index in [1.54, 1.807) is 4.90 Å². The largest absolute Gasteiger partial charge is 0.365 e. The second-order valence-electron chi connectivity index (χ2n) is 5.25. The fourth-order valence-corrected chi connectivity index (χ4v) is 2.73. The van der Waals surface area contributed by atoms with E-state index in [1.165, 1.54) is 12.4 Å². The number of amides is 1. The van der Waals surface area contributed by atoms with Crippen LogP contribution in [-0.4, -0.2) is 50.9 Å². The lowest BCUT2D eigenvalue weighted by Gasteiger charge is -2.36. The topological polar surface area (TPSA) is 99.9 Å². The Morgan fingerprint density at radius 3 is 3.19 bits per heavy atom. The van der Waals surface area contributed by atoms with Crippen molar-refractivity contribution in [1.29, 1.82) is 0 Å². The Hall–Kier alpha value is -2.41. The first-order chi connectivity index (χ1) is 10.2. The van der Waals surface area contributed by atoms with Gasteiger partial charge in [0.2, 0.25) is 5.91 Å². The lowest BCUT2D eigenvalue weighted by molar-refractivity contribution is -0.127. The maximum Gasteiger partial charge on any atom is 0.246 e. The van der Waals surface area contributed by atoms with Crippen LogP contribution in [0, 0.1) is 0 Å². The summed E-state index contributed by atoms with van der Waals surface area (Å²) in [5.41, 5.74) is 6.83. The molecule has 0 bridgehead atoms. The highest BCUT2D eigenvalue weighted by Crippen LogP contribution is 2.21. The number of nitrogens with two attached hydrogens (primary N) is 1. The average molecular weight is 286 g/mol. The van der Waals surface area contributed by atoms with Crippen LogP contribution in [-0.2, 0) is 4.79 Å². The first kappa shape index (κ1) is 13.6. The summed E-state index contributed by atoms with van der Waals surface area (Å²) in [6.45, 7) is 4.68. The molecule has 3 rings (SSSR count). The van der Waals surface area contributed by atoms with Gasteiger partial charge in [0.1, 0.15) is 17.8 Å². The van der Waals surface area contributed by atoms with Gasteiger partial charge in [-0.25, -0.2) is 9.97 Å². The zero-order valence-corrected chi connectivity index (χ0v) is 11.6. The Labute approximate surface area is 122 Å². The van der Waals surface area contributed by atoms with E-state index in [2.05, 4.69) is 26.8 Å². The van der Waals surface area contributed by atoms with Crippen LogP contribution in [0.25, 0.3) is 11.0 Å². The van der Waals surface area contributed by atoms with Gasteiger partial charge in [0.15, 0.2) is 0 Å². The normalized spacial score (nSPS) is 22.2. The highest BCUT2D eigenvalue weighted by atomic mass is 16.2. The predicted molar refractivity (Wildman–Crippen MR) is 80.7 cm³/mol. The van der Waals surface area contributed by atoms with Gasteiger partial charge >= 0.3 is 0 Å². The zero-order valence-electron chi connectivity index (χ0n) is 11.6. The van der Waals surface area contributed by atoms with Crippen molar-refractivity contribution in [3.05, 3.63) is 31.2 Å². The van der Waals surface area contributed by atoms with Gasteiger partial charge < -0.3 is 20.9 Å². The molecule has 2 unspecified atom stereocenters. The molecule has 21 heavy (non-hydrogen) atoms. The van der Waals surface area contributed by atoms with Crippen LogP contribution in [0.15, 0.2) is 31.2 Å². The summed E-state index contributed by atoms with van der Waals surface area (Å²) in [5.74, 6) is 0.665. The molecule has 110 valence electrons. The summed E-state index contributed by atoms with van der Waals surface area (Å²) < 4.78 is 0. The van der Waals surface area contributed by atoms with E-state index in [-0.39, 0.29) is 18.0 Å². The van der Waals surface area contributed by atoms with Crippen LogP contribution < -0.4 is 11.1 Å². The van der Waals surface area contributed by atoms with Crippen molar-refractivity contribution >= 4 is 22.8 Å². The molecule has 7 nitrogen and oxygen atoms in total. The number of carbonyl (C=O) groups excluding carboxylic acids is 1. The highest BCUT2D eigenvalue weighted by Gasteiger charge is 2.27. The van der Waals surface area contributed by atoms with Crippen LogP contribution in [0.5, 0.6) is 0 Å². The standard InChI is InChI=1S/C14H18N6O/c1-2-12(21)20-6-9(15)5-10(7-20)19-14-11-3-4-16-13(11)17-8-18-14/h2-4,8-10H,1,5-7,15H2,(H2,16,17,18,19). The number of aromatic nitrogens is 3. The molecule has 7 heteroatoms. The molecule has 0 spiro atoms. The molecule has 1 amide bonds. The number of hydrogen-bond acceptors (Lipinski definition) is 5. The smallest absolute Gasteiger partial charge is 0.246 e. The Morgan fingerprint density at radius 1 is 1.52 bits per heavy atom. The molecular weight excluding hydrogens is 268 g/mol. The van der Waals surface area contributed by atoms with Crippen LogP contribution in [0.4, 0.5) is 5.82 Å². The molecule has 2 aromatic rings. The van der Waals surface area contributed by atoms with Gasteiger partial charge in [-0.1, -0.05) is 6.58 Å². The number of carbonyl (C=O) groups is 1. The molecule has 0 saturated carbocycles. The van der Waals surface area contributed by atoms with Crippen LogP contribution in [0.3, 0.4) is 0 Å². The van der Waals surface area contributed by atoms with E-state index >= 15 is 0 Å². The van der Waals surface area contributed by atoms with E-state index in [9.17, 15) is 4.79 Å².